The number of carbonyl (C=O) groups is 3. The summed E-state index contributed by atoms with van der Waals surface area (Å²) in [7, 11) is 0. The predicted octanol–water partition coefficient (Wildman–Crippen LogP) is 3.97. The van der Waals surface area contributed by atoms with E-state index in [4.69, 9.17) is 0 Å². The molecule has 3 aliphatic rings. The van der Waals surface area contributed by atoms with Crippen LogP contribution in [0.5, 0.6) is 5.75 Å². The van der Waals surface area contributed by atoms with Gasteiger partial charge in [-0.2, -0.15) is 0 Å². The normalized spacial score (nSPS) is 25.8. The van der Waals surface area contributed by atoms with E-state index in [2.05, 4.69) is 0 Å². The van der Waals surface area contributed by atoms with Gasteiger partial charge < -0.3 is 20.4 Å². The van der Waals surface area contributed by atoms with Crippen molar-refractivity contribution >= 4 is 17.3 Å². The minimum Gasteiger partial charge on any atom is -0.511 e. The highest BCUT2D eigenvalue weighted by Gasteiger charge is 2.59. The molecule has 3 atom stereocenters. The molecular weight excluding hydrogens is 448 g/mol. The Kier molecular flexibility index (Phi) is 5.04. The van der Waals surface area contributed by atoms with Crippen LogP contribution in [0.25, 0.3) is 11.1 Å². The van der Waals surface area contributed by atoms with Crippen molar-refractivity contribution in [1.82, 2.24) is 0 Å². The molecule has 180 valence electrons. The maximum absolute atomic E-state index is 13.7. The van der Waals surface area contributed by atoms with Crippen LogP contribution in [0.15, 0.2) is 53.0 Å². The van der Waals surface area contributed by atoms with Gasteiger partial charge in [0.2, 0.25) is 5.78 Å². The lowest BCUT2D eigenvalue weighted by atomic mass is 9.60. The molecule has 0 heterocycles. The van der Waals surface area contributed by atoms with Gasteiger partial charge in [-0.15, -0.1) is 0 Å². The first-order valence-electron chi connectivity index (χ1n) is 11.6. The Bertz CT molecular complexity index is 1410. The molecule has 5 rings (SSSR count). The van der Waals surface area contributed by atoms with Gasteiger partial charge in [-0.25, -0.2) is 0 Å². The minimum absolute atomic E-state index is 0.0361. The molecule has 2 aromatic rings. The Morgan fingerprint density at radius 2 is 1.71 bits per heavy atom. The van der Waals surface area contributed by atoms with Gasteiger partial charge in [0, 0.05) is 17.9 Å². The molecule has 0 aromatic heterocycles. The van der Waals surface area contributed by atoms with E-state index in [0.29, 0.717) is 12.0 Å². The van der Waals surface area contributed by atoms with Crippen molar-refractivity contribution < 1.29 is 34.8 Å². The average Bonchev–Trinajstić information content (AvgIpc) is 2.78. The molecule has 7 heteroatoms. The van der Waals surface area contributed by atoms with Gasteiger partial charge >= 0.3 is 0 Å². The van der Waals surface area contributed by atoms with E-state index in [-0.39, 0.29) is 29.7 Å². The number of aliphatic hydroxyl groups is 3. The number of fused-ring (bicyclic) bond motifs is 3. The average molecular weight is 475 g/mol. The Labute approximate surface area is 202 Å². The number of Topliss-reactive ketones (excluding diaryl/α,β-unsaturated/α-hetero) is 3. The number of rotatable bonds is 2. The molecular formula is C28H26O7. The second-order valence-electron chi connectivity index (χ2n) is 9.89. The van der Waals surface area contributed by atoms with Gasteiger partial charge in [0.1, 0.15) is 22.8 Å². The minimum atomic E-state index is -2.48. The highest BCUT2D eigenvalue weighted by atomic mass is 16.3. The van der Waals surface area contributed by atoms with Crippen LogP contribution in [-0.2, 0) is 16.0 Å². The second-order valence-corrected chi connectivity index (χ2v) is 9.89. The second kappa shape index (κ2) is 7.65. The number of ketones is 3. The first-order chi connectivity index (χ1) is 16.5. The van der Waals surface area contributed by atoms with Gasteiger partial charge in [-0.3, -0.25) is 14.4 Å². The predicted molar refractivity (Wildman–Crippen MR) is 127 cm³/mol. The molecule has 0 unspecified atom stereocenters. The summed E-state index contributed by atoms with van der Waals surface area (Å²) < 4.78 is 0. The number of phenols is 1. The summed E-state index contributed by atoms with van der Waals surface area (Å²) >= 11 is 0. The highest BCUT2D eigenvalue weighted by Crippen LogP contribution is 2.52. The largest absolute Gasteiger partial charge is 0.511 e. The maximum Gasteiger partial charge on any atom is 0.209 e. The topological polar surface area (TPSA) is 132 Å². The van der Waals surface area contributed by atoms with E-state index in [1.165, 1.54) is 6.07 Å². The van der Waals surface area contributed by atoms with Crippen LogP contribution in [0, 0.1) is 25.7 Å². The zero-order valence-electron chi connectivity index (χ0n) is 19.7. The van der Waals surface area contributed by atoms with Crippen LogP contribution >= 0.6 is 0 Å². The van der Waals surface area contributed by atoms with Crippen molar-refractivity contribution in [3.05, 3.63) is 75.3 Å². The van der Waals surface area contributed by atoms with E-state index >= 15 is 0 Å². The van der Waals surface area contributed by atoms with Crippen LogP contribution in [0.2, 0.25) is 0 Å². The van der Waals surface area contributed by atoms with Crippen LogP contribution in [0.3, 0.4) is 0 Å². The molecule has 4 N–H and O–H groups in total. The molecule has 0 saturated carbocycles. The highest BCUT2D eigenvalue weighted by molar-refractivity contribution is 6.25. The molecule has 0 spiro atoms. The summed E-state index contributed by atoms with van der Waals surface area (Å²) in [4.78, 5) is 38.7. The van der Waals surface area contributed by atoms with Gasteiger partial charge in [0.25, 0.3) is 0 Å². The third-order valence-corrected chi connectivity index (χ3v) is 7.87. The lowest BCUT2D eigenvalue weighted by molar-refractivity contribution is -0.144. The SMILES string of the molecule is CC(=O)C1=C(O)C[C@@H]2C[C@@H]3Cc4c(-c5ccc(C)c(C)c5)ccc(O)c4C(=O)C3=C(O)[C@]2(O)C1=O. The first-order valence-corrected chi connectivity index (χ1v) is 11.6. The fourth-order valence-corrected chi connectivity index (χ4v) is 5.91. The Balaban J connectivity index is 1.69. The van der Waals surface area contributed by atoms with Crippen LogP contribution in [-0.4, -0.2) is 43.4 Å². The zero-order valence-corrected chi connectivity index (χ0v) is 19.7. The lowest BCUT2D eigenvalue weighted by Crippen LogP contribution is -2.56. The quantitative estimate of drug-likeness (QED) is 0.484. The Morgan fingerprint density at radius 1 is 1.00 bits per heavy atom. The van der Waals surface area contributed by atoms with E-state index in [9.17, 15) is 34.8 Å². The number of hydrogen-bond donors (Lipinski definition) is 4. The first kappa shape index (κ1) is 23.1. The monoisotopic (exact) mass is 474 g/mol. The van der Waals surface area contributed by atoms with Gasteiger partial charge in [0.15, 0.2) is 17.2 Å². The molecule has 2 aromatic carbocycles. The maximum atomic E-state index is 13.7. The third-order valence-electron chi connectivity index (χ3n) is 7.87. The van der Waals surface area contributed by atoms with Crippen molar-refractivity contribution in [2.75, 3.05) is 0 Å². The summed E-state index contributed by atoms with van der Waals surface area (Å²) in [5.41, 5.74) is 1.39. The van der Waals surface area contributed by atoms with Crippen LogP contribution in [0.4, 0.5) is 0 Å². The van der Waals surface area contributed by atoms with Crippen molar-refractivity contribution in [3.63, 3.8) is 0 Å². The third kappa shape index (κ3) is 3.11. The molecule has 0 aliphatic heterocycles. The Morgan fingerprint density at radius 3 is 2.37 bits per heavy atom. The molecule has 0 saturated heterocycles. The molecule has 7 nitrogen and oxygen atoms in total. The number of benzene rings is 2. The zero-order chi connectivity index (χ0) is 25.4. The molecule has 3 aliphatic carbocycles. The number of allylic oxidation sites excluding steroid dienone is 2. The van der Waals surface area contributed by atoms with E-state index in [0.717, 1.165) is 29.2 Å². The summed E-state index contributed by atoms with van der Waals surface area (Å²) in [5.74, 6) is -5.37. The van der Waals surface area contributed by atoms with Gasteiger partial charge in [0.05, 0.1) is 5.56 Å². The van der Waals surface area contributed by atoms with E-state index < -0.39 is 51.9 Å². The fourth-order valence-electron chi connectivity index (χ4n) is 5.91. The molecule has 0 amide bonds. The standard InChI is InChI=1S/C28H26O7/c1-12-4-5-15(8-13(12)2)18-6-7-20(30)24-19(18)10-16-9-17-11-21(31)22(14(3)29)26(33)28(17,35)27(34)23(16)25(24)32/h4-8,16-17,30-31,34-35H,9-11H2,1-3H3/t16-,17+,28-/m1/s1. The number of phenolic OH excluding ortho intramolecular Hbond substituents is 1. The fraction of sp³-hybridized carbons (Fsp3) is 0.321. The summed E-state index contributed by atoms with van der Waals surface area (Å²) in [6.07, 6.45) is 0.266. The molecule has 0 bridgehead atoms. The molecule has 0 fully saturated rings. The van der Waals surface area contributed by atoms with Gasteiger partial charge in [-0.1, -0.05) is 24.3 Å². The number of hydrogen-bond acceptors (Lipinski definition) is 7. The summed E-state index contributed by atoms with van der Waals surface area (Å²) in [6, 6.07) is 9.15. The van der Waals surface area contributed by atoms with Crippen molar-refractivity contribution in [1.29, 1.82) is 0 Å². The number of aryl methyl sites for hydroxylation is 2. The number of aliphatic hydroxyl groups excluding tert-OH is 2. The lowest BCUT2D eigenvalue weighted by Gasteiger charge is -2.45. The van der Waals surface area contributed by atoms with E-state index in [1.54, 1.807) is 6.07 Å². The molecule has 0 radical (unpaired) electrons. The van der Waals surface area contributed by atoms with Crippen LogP contribution in [0.1, 0.15) is 46.8 Å². The van der Waals surface area contributed by atoms with Crippen LogP contribution < -0.4 is 0 Å². The Hall–Kier alpha value is -3.71. The molecule has 35 heavy (non-hydrogen) atoms. The number of aromatic hydroxyl groups is 1. The van der Waals surface area contributed by atoms with Crippen molar-refractivity contribution in [2.24, 2.45) is 11.8 Å². The smallest absolute Gasteiger partial charge is 0.209 e. The number of carbonyl (C=O) groups excluding carboxylic acids is 3. The van der Waals surface area contributed by atoms with Gasteiger partial charge in [-0.05, 0) is 73.4 Å². The van der Waals surface area contributed by atoms with E-state index in [1.807, 2.05) is 32.0 Å². The van der Waals surface area contributed by atoms with Crippen molar-refractivity contribution in [2.45, 2.75) is 45.6 Å². The summed E-state index contributed by atoms with van der Waals surface area (Å²) in [6.45, 7) is 5.09. The summed E-state index contributed by atoms with van der Waals surface area (Å²) in [5, 5.41) is 43.5. The van der Waals surface area contributed by atoms with Crippen molar-refractivity contribution in [3.8, 4) is 16.9 Å².